The third kappa shape index (κ3) is 4.50. The van der Waals surface area contributed by atoms with Gasteiger partial charge in [-0.3, -0.25) is 4.79 Å². The molecule has 1 heterocycles. The SMILES string of the molecule is CC(C)(C)c1ccc(S(=O)(=O)N2CCN(C(=O)c3cccc(C#N)c3)CC2)cc1. The van der Waals surface area contributed by atoms with Crippen LogP contribution in [0.5, 0.6) is 0 Å². The first-order valence-electron chi connectivity index (χ1n) is 9.53. The van der Waals surface area contributed by atoms with Crippen LogP contribution in [-0.4, -0.2) is 49.7 Å². The number of sulfonamides is 1. The van der Waals surface area contributed by atoms with Crippen LogP contribution in [0.2, 0.25) is 0 Å². The molecule has 29 heavy (non-hydrogen) atoms. The fraction of sp³-hybridized carbons (Fsp3) is 0.364. The van der Waals surface area contributed by atoms with Gasteiger partial charge < -0.3 is 4.90 Å². The van der Waals surface area contributed by atoms with Crippen molar-refractivity contribution in [2.75, 3.05) is 26.2 Å². The number of amides is 1. The molecule has 3 rings (SSSR count). The van der Waals surface area contributed by atoms with Crippen LogP contribution < -0.4 is 0 Å². The number of rotatable bonds is 3. The molecule has 0 aliphatic carbocycles. The number of nitriles is 1. The van der Waals surface area contributed by atoms with E-state index in [9.17, 15) is 13.2 Å². The average molecular weight is 412 g/mol. The average Bonchev–Trinajstić information content (AvgIpc) is 2.73. The number of nitrogens with zero attached hydrogens (tertiary/aromatic N) is 3. The van der Waals surface area contributed by atoms with Gasteiger partial charge in [-0.05, 0) is 41.3 Å². The Bertz CT molecular complexity index is 1040. The molecule has 1 aliphatic rings. The highest BCUT2D eigenvalue weighted by Crippen LogP contribution is 2.25. The van der Waals surface area contributed by atoms with Gasteiger partial charge in [-0.25, -0.2) is 8.42 Å². The van der Waals surface area contributed by atoms with E-state index in [2.05, 4.69) is 20.8 Å². The van der Waals surface area contributed by atoms with Gasteiger partial charge in [-0.1, -0.05) is 39.0 Å². The predicted octanol–water partition coefficient (Wildman–Crippen LogP) is 3.00. The molecule has 6 nitrogen and oxygen atoms in total. The van der Waals surface area contributed by atoms with Crippen LogP contribution in [0.15, 0.2) is 53.4 Å². The fourth-order valence-corrected chi connectivity index (χ4v) is 4.73. The summed E-state index contributed by atoms with van der Waals surface area (Å²) >= 11 is 0. The molecule has 0 unspecified atom stereocenters. The Labute approximate surface area is 172 Å². The third-order valence-electron chi connectivity index (χ3n) is 5.12. The highest BCUT2D eigenvalue weighted by molar-refractivity contribution is 7.89. The molecule has 2 aromatic carbocycles. The molecule has 0 aromatic heterocycles. The highest BCUT2D eigenvalue weighted by atomic mass is 32.2. The number of carbonyl (C=O) groups is 1. The van der Waals surface area contributed by atoms with Crippen LogP contribution in [-0.2, 0) is 15.4 Å². The normalized spacial score (nSPS) is 15.7. The van der Waals surface area contributed by atoms with E-state index in [0.29, 0.717) is 24.2 Å². The van der Waals surface area contributed by atoms with Crippen LogP contribution in [0.4, 0.5) is 0 Å². The quantitative estimate of drug-likeness (QED) is 0.777. The molecular formula is C22H25N3O3S. The predicted molar refractivity (Wildman–Crippen MR) is 111 cm³/mol. The lowest BCUT2D eigenvalue weighted by atomic mass is 9.87. The molecule has 0 atom stereocenters. The van der Waals surface area contributed by atoms with Crippen molar-refractivity contribution in [3.05, 3.63) is 65.2 Å². The van der Waals surface area contributed by atoms with Crippen molar-refractivity contribution in [2.24, 2.45) is 0 Å². The molecule has 152 valence electrons. The van der Waals surface area contributed by atoms with E-state index in [1.165, 1.54) is 4.31 Å². The van der Waals surface area contributed by atoms with E-state index >= 15 is 0 Å². The van der Waals surface area contributed by atoms with E-state index in [-0.39, 0.29) is 29.3 Å². The zero-order valence-corrected chi connectivity index (χ0v) is 17.7. The van der Waals surface area contributed by atoms with E-state index < -0.39 is 10.0 Å². The van der Waals surface area contributed by atoms with Crippen molar-refractivity contribution in [1.29, 1.82) is 5.26 Å². The molecule has 0 bridgehead atoms. The van der Waals surface area contributed by atoms with Crippen LogP contribution in [0, 0.1) is 11.3 Å². The van der Waals surface area contributed by atoms with E-state index in [1.807, 2.05) is 18.2 Å². The first kappa shape index (κ1) is 21.0. The minimum Gasteiger partial charge on any atom is -0.336 e. The van der Waals surface area contributed by atoms with Crippen LogP contribution >= 0.6 is 0 Å². The fourth-order valence-electron chi connectivity index (χ4n) is 3.31. The van der Waals surface area contributed by atoms with Crippen molar-refractivity contribution < 1.29 is 13.2 Å². The van der Waals surface area contributed by atoms with Gasteiger partial charge in [0.25, 0.3) is 5.91 Å². The summed E-state index contributed by atoms with van der Waals surface area (Å²) in [5, 5.41) is 9.00. The number of piperazine rings is 1. The number of carbonyl (C=O) groups excluding carboxylic acids is 1. The lowest BCUT2D eigenvalue weighted by molar-refractivity contribution is 0.0698. The summed E-state index contributed by atoms with van der Waals surface area (Å²) in [5.41, 5.74) is 1.90. The Balaban J connectivity index is 1.69. The summed E-state index contributed by atoms with van der Waals surface area (Å²) in [5.74, 6) is -0.186. The Morgan fingerprint density at radius 1 is 1.00 bits per heavy atom. The van der Waals surface area contributed by atoms with Gasteiger partial charge in [0.2, 0.25) is 10.0 Å². The van der Waals surface area contributed by atoms with Gasteiger partial charge in [0.05, 0.1) is 16.5 Å². The van der Waals surface area contributed by atoms with Crippen LogP contribution in [0.25, 0.3) is 0 Å². The third-order valence-corrected chi connectivity index (χ3v) is 7.04. The number of benzene rings is 2. The van der Waals surface area contributed by atoms with Crippen LogP contribution in [0.3, 0.4) is 0 Å². The maximum Gasteiger partial charge on any atom is 0.253 e. The standard InChI is InChI=1S/C22H25N3O3S/c1-22(2,3)19-7-9-20(10-8-19)29(27,28)25-13-11-24(12-14-25)21(26)18-6-4-5-17(15-18)16-23/h4-10,15H,11-14H2,1-3H3. The topological polar surface area (TPSA) is 81.5 Å². The van der Waals surface area contributed by atoms with Crippen molar-refractivity contribution in [1.82, 2.24) is 9.21 Å². The second-order valence-corrected chi connectivity index (χ2v) is 10.1. The van der Waals surface area contributed by atoms with Gasteiger partial charge >= 0.3 is 0 Å². The number of hydrogen-bond donors (Lipinski definition) is 0. The summed E-state index contributed by atoms with van der Waals surface area (Å²) in [6.07, 6.45) is 0. The highest BCUT2D eigenvalue weighted by Gasteiger charge is 2.30. The Morgan fingerprint density at radius 2 is 1.62 bits per heavy atom. The molecule has 1 saturated heterocycles. The molecule has 1 aliphatic heterocycles. The monoisotopic (exact) mass is 411 g/mol. The first-order valence-corrected chi connectivity index (χ1v) is 11.0. The molecule has 2 aromatic rings. The van der Waals surface area contributed by atoms with E-state index in [4.69, 9.17) is 5.26 Å². The maximum atomic E-state index is 13.0. The summed E-state index contributed by atoms with van der Waals surface area (Å²) in [6, 6.07) is 15.6. The summed E-state index contributed by atoms with van der Waals surface area (Å²) in [4.78, 5) is 14.6. The summed E-state index contributed by atoms with van der Waals surface area (Å²) < 4.78 is 27.4. The lowest BCUT2D eigenvalue weighted by Gasteiger charge is -2.34. The minimum absolute atomic E-state index is 0.0445. The van der Waals surface area contributed by atoms with Crippen molar-refractivity contribution in [3.8, 4) is 6.07 Å². The van der Waals surface area contributed by atoms with Gasteiger partial charge in [-0.15, -0.1) is 0 Å². The second kappa shape index (κ2) is 7.97. The Morgan fingerprint density at radius 3 is 2.17 bits per heavy atom. The van der Waals surface area contributed by atoms with Gasteiger partial charge in [0, 0.05) is 31.7 Å². The van der Waals surface area contributed by atoms with Crippen LogP contribution in [0.1, 0.15) is 42.3 Å². The largest absolute Gasteiger partial charge is 0.336 e. The summed E-state index contributed by atoms with van der Waals surface area (Å²) in [7, 11) is -3.60. The molecule has 0 spiro atoms. The molecule has 7 heteroatoms. The maximum absolute atomic E-state index is 13.0. The van der Waals surface area contributed by atoms with Gasteiger partial charge in [-0.2, -0.15) is 9.57 Å². The Hall–Kier alpha value is -2.69. The van der Waals surface area contributed by atoms with E-state index in [1.54, 1.807) is 41.3 Å². The zero-order valence-electron chi connectivity index (χ0n) is 16.9. The van der Waals surface area contributed by atoms with Gasteiger partial charge in [0.1, 0.15) is 0 Å². The zero-order chi connectivity index (χ0) is 21.2. The molecule has 1 fully saturated rings. The second-order valence-electron chi connectivity index (χ2n) is 8.16. The van der Waals surface area contributed by atoms with Crippen molar-refractivity contribution >= 4 is 15.9 Å². The van der Waals surface area contributed by atoms with E-state index in [0.717, 1.165) is 5.56 Å². The van der Waals surface area contributed by atoms with Gasteiger partial charge in [0.15, 0.2) is 0 Å². The molecule has 0 saturated carbocycles. The smallest absolute Gasteiger partial charge is 0.253 e. The molecule has 0 radical (unpaired) electrons. The summed E-state index contributed by atoms with van der Waals surface area (Å²) in [6.45, 7) is 7.36. The first-order chi connectivity index (χ1) is 13.6. The molecule has 0 N–H and O–H groups in total. The molecular weight excluding hydrogens is 386 g/mol. The van der Waals surface area contributed by atoms with Crippen molar-refractivity contribution in [2.45, 2.75) is 31.1 Å². The Kier molecular flexibility index (Phi) is 5.78. The lowest BCUT2D eigenvalue weighted by Crippen LogP contribution is -2.50. The minimum atomic E-state index is -3.60. The van der Waals surface area contributed by atoms with Crippen molar-refractivity contribution in [3.63, 3.8) is 0 Å². The molecule has 1 amide bonds. The number of hydrogen-bond acceptors (Lipinski definition) is 4.